The van der Waals surface area contributed by atoms with Gasteiger partial charge in [-0.25, -0.2) is 9.78 Å². The summed E-state index contributed by atoms with van der Waals surface area (Å²) in [7, 11) is 1.33. The first-order valence-corrected chi connectivity index (χ1v) is 13.2. The molecule has 2 atom stereocenters. The number of methoxy groups -OCH3 is 1. The van der Waals surface area contributed by atoms with Crippen molar-refractivity contribution in [3.63, 3.8) is 0 Å². The Kier molecular flexibility index (Phi) is 9.16. The lowest BCUT2D eigenvalue weighted by Gasteiger charge is -2.36. The summed E-state index contributed by atoms with van der Waals surface area (Å²) in [6.45, 7) is 4.16. The lowest BCUT2D eigenvalue weighted by molar-refractivity contribution is -0.0495. The number of hydrogen-bond acceptors (Lipinski definition) is 8. The molecule has 0 radical (unpaired) electrons. The molecule has 0 aliphatic heterocycles. The van der Waals surface area contributed by atoms with E-state index >= 15 is 0 Å². The molecule has 8 nitrogen and oxygen atoms in total. The van der Waals surface area contributed by atoms with Crippen LogP contribution in [0.2, 0.25) is 0 Å². The Labute approximate surface area is 227 Å². The number of alkyl halides is 2. The third-order valence-electron chi connectivity index (χ3n) is 7.26. The molecule has 1 aliphatic rings. The van der Waals surface area contributed by atoms with Crippen molar-refractivity contribution in [3.05, 3.63) is 59.5 Å². The van der Waals surface area contributed by atoms with Crippen molar-refractivity contribution in [1.82, 2.24) is 10.1 Å². The SMILES string of the molecule is CCC[C@@](C)(CNc1ccc(C(=O)OC)cn1)C(C)OCc1c(-c2ccccc2OC(F)F)noc1C1CC1. The van der Waals surface area contributed by atoms with E-state index in [2.05, 4.69) is 29.3 Å². The van der Waals surface area contributed by atoms with E-state index in [9.17, 15) is 13.6 Å². The van der Waals surface area contributed by atoms with Crippen LogP contribution in [0, 0.1) is 5.41 Å². The monoisotopic (exact) mass is 543 g/mol. The molecular formula is C29H35F2N3O5. The number of carbonyl (C=O) groups excluding carboxylic acids is 1. The van der Waals surface area contributed by atoms with Crippen LogP contribution in [0.5, 0.6) is 5.75 Å². The molecule has 0 amide bonds. The van der Waals surface area contributed by atoms with Crippen LogP contribution in [0.15, 0.2) is 47.1 Å². The highest BCUT2D eigenvalue weighted by Crippen LogP contribution is 2.45. The number of rotatable bonds is 14. The summed E-state index contributed by atoms with van der Waals surface area (Å²) in [4.78, 5) is 16.0. The Bertz CT molecular complexity index is 1250. The molecule has 10 heteroatoms. The average molecular weight is 544 g/mol. The number of nitrogens with one attached hydrogen (secondary N) is 1. The summed E-state index contributed by atoms with van der Waals surface area (Å²) in [5.41, 5.74) is 1.80. The standard InChI is InChI=1S/C29H35F2N3O5/c1-5-14-29(3,17-33-24-13-12-20(15-32-24)27(35)36-4)18(2)37-16-22-25(34-39-26(22)19-10-11-19)21-8-6-7-9-23(21)38-28(30)31/h6-9,12-13,15,18-19,28H,5,10-11,14,16-17H2,1-4H3,(H,32,33)/t18?,29-/m0/s1. The normalized spacial score (nSPS) is 15.6. The van der Waals surface area contributed by atoms with Gasteiger partial charge in [0.15, 0.2) is 0 Å². The van der Waals surface area contributed by atoms with Crippen LogP contribution in [0.1, 0.15) is 74.1 Å². The molecule has 210 valence electrons. The molecule has 0 bridgehead atoms. The number of pyridine rings is 1. The molecule has 39 heavy (non-hydrogen) atoms. The van der Waals surface area contributed by atoms with Gasteiger partial charge in [-0.1, -0.05) is 37.6 Å². The van der Waals surface area contributed by atoms with Crippen LogP contribution >= 0.6 is 0 Å². The lowest BCUT2D eigenvalue weighted by atomic mass is 9.80. The van der Waals surface area contributed by atoms with Gasteiger partial charge in [-0.3, -0.25) is 0 Å². The van der Waals surface area contributed by atoms with Crippen LogP contribution in [-0.2, 0) is 16.1 Å². The van der Waals surface area contributed by atoms with Crippen molar-refractivity contribution >= 4 is 11.8 Å². The topological polar surface area (TPSA) is 95.7 Å². The Hall–Kier alpha value is -3.53. The predicted molar refractivity (Wildman–Crippen MR) is 142 cm³/mol. The van der Waals surface area contributed by atoms with Gasteiger partial charge in [-0.2, -0.15) is 8.78 Å². The first-order valence-electron chi connectivity index (χ1n) is 13.2. The minimum Gasteiger partial charge on any atom is -0.465 e. The fourth-order valence-electron chi connectivity index (χ4n) is 4.65. The molecule has 1 N–H and O–H groups in total. The second-order valence-corrected chi connectivity index (χ2v) is 10.2. The maximum Gasteiger partial charge on any atom is 0.387 e. The summed E-state index contributed by atoms with van der Waals surface area (Å²) in [6.07, 6.45) is 5.12. The molecule has 2 aromatic heterocycles. The molecule has 1 aromatic carbocycles. The highest BCUT2D eigenvalue weighted by atomic mass is 19.3. The number of anilines is 1. The molecule has 4 rings (SSSR count). The number of hydrogen-bond donors (Lipinski definition) is 1. The number of benzene rings is 1. The number of esters is 1. The average Bonchev–Trinajstić information content (AvgIpc) is 3.69. The van der Waals surface area contributed by atoms with Crippen LogP contribution in [0.25, 0.3) is 11.3 Å². The lowest BCUT2D eigenvalue weighted by Crippen LogP contribution is -2.38. The van der Waals surface area contributed by atoms with Crippen molar-refractivity contribution in [2.24, 2.45) is 5.41 Å². The van der Waals surface area contributed by atoms with Gasteiger partial charge >= 0.3 is 12.6 Å². The van der Waals surface area contributed by atoms with Gasteiger partial charge in [0.1, 0.15) is 23.0 Å². The fraction of sp³-hybridized carbons (Fsp3) is 0.483. The molecule has 0 saturated heterocycles. The molecule has 3 aromatic rings. The second-order valence-electron chi connectivity index (χ2n) is 10.2. The highest BCUT2D eigenvalue weighted by Gasteiger charge is 2.35. The first kappa shape index (κ1) is 28.5. The molecule has 1 unspecified atom stereocenters. The van der Waals surface area contributed by atoms with Gasteiger partial charge in [-0.15, -0.1) is 0 Å². The summed E-state index contributed by atoms with van der Waals surface area (Å²) < 4.78 is 47.8. The van der Waals surface area contributed by atoms with Crippen LogP contribution < -0.4 is 10.1 Å². The van der Waals surface area contributed by atoms with E-state index in [-0.39, 0.29) is 29.8 Å². The molecule has 0 spiro atoms. The highest BCUT2D eigenvalue weighted by molar-refractivity contribution is 5.89. The van der Waals surface area contributed by atoms with Crippen molar-refractivity contribution in [1.29, 1.82) is 0 Å². The minimum absolute atomic E-state index is 0.0446. The Morgan fingerprint density at radius 1 is 1.23 bits per heavy atom. The predicted octanol–water partition coefficient (Wildman–Crippen LogP) is 6.83. The van der Waals surface area contributed by atoms with Crippen molar-refractivity contribution in [2.75, 3.05) is 19.0 Å². The van der Waals surface area contributed by atoms with E-state index < -0.39 is 12.6 Å². The van der Waals surface area contributed by atoms with E-state index in [1.54, 1.807) is 30.3 Å². The second kappa shape index (κ2) is 12.5. The van der Waals surface area contributed by atoms with Crippen molar-refractivity contribution in [3.8, 4) is 17.0 Å². The fourth-order valence-corrected chi connectivity index (χ4v) is 4.65. The zero-order valence-electron chi connectivity index (χ0n) is 22.7. The third-order valence-corrected chi connectivity index (χ3v) is 7.26. The van der Waals surface area contributed by atoms with Gasteiger partial charge in [0, 0.05) is 35.2 Å². The smallest absolute Gasteiger partial charge is 0.387 e. The zero-order chi connectivity index (χ0) is 28.0. The summed E-state index contributed by atoms with van der Waals surface area (Å²) in [5, 5.41) is 7.63. The number of carbonyl (C=O) groups is 1. The Morgan fingerprint density at radius 3 is 2.64 bits per heavy atom. The number of nitrogens with zero attached hydrogens (tertiary/aromatic N) is 2. The Morgan fingerprint density at radius 2 is 2.00 bits per heavy atom. The summed E-state index contributed by atoms with van der Waals surface area (Å²) in [5.74, 6) is 1.25. The molecule has 1 saturated carbocycles. The van der Waals surface area contributed by atoms with Crippen molar-refractivity contribution < 1.29 is 32.3 Å². The zero-order valence-corrected chi connectivity index (χ0v) is 22.7. The number of ether oxygens (including phenoxy) is 3. The van der Waals surface area contributed by atoms with Crippen LogP contribution in [0.4, 0.5) is 14.6 Å². The van der Waals surface area contributed by atoms with Crippen LogP contribution in [0.3, 0.4) is 0 Å². The van der Waals surface area contributed by atoms with Gasteiger partial charge in [0.25, 0.3) is 0 Å². The van der Waals surface area contributed by atoms with Crippen molar-refractivity contribution in [2.45, 2.75) is 71.7 Å². The quantitative estimate of drug-likeness (QED) is 0.221. The number of aromatic nitrogens is 2. The summed E-state index contributed by atoms with van der Waals surface area (Å²) >= 11 is 0. The largest absolute Gasteiger partial charge is 0.465 e. The van der Waals surface area contributed by atoms with E-state index in [0.717, 1.165) is 37.0 Å². The maximum absolute atomic E-state index is 13.1. The number of halogens is 2. The molecular weight excluding hydrogens is 508 g/mol. The van der Waals surface area contributed by atoms with E-state index in [1.165, 1.54) is 19.4 Å². The van der Waals surface area contributed by atoms with Gasteiger partial charge in [0.05, 0.1) is 25.4 Å². The molecule has 2 heterocycles. The van der Waals surface area contributed by atoms with Gasteiger partial charge in [-0.05, 0) is 50.5 Å². The van der Waals surface area contributed by atoms with E-state index in [0.29, 0.717) is 29.2 Å². The molecule has 1 aliphatic carbocycles. The third kappa shape index (κ3) is 6.92. The minimum atomic E-state index is -2.95. The maximum atomic E-state index is 13.1. The Balaban J connectivity index is 1.50. The van der Waals surface area contributed by atoms with Gasteiger partial charge < -0.3 is 24.1 Å². The van der Waals surface area contributed by atoms with E-state index in [1.807, 2.05) is 6.92 Å². The molecule has 1 fully saturated rings. The first-order chi connectivity index (χ1) is 18.8. The number of para-hydroxylation sites is 1. The van der Waals surface area contributed by atoms with Crippen LogP contribution in [-0.4, -0.2) is 42.5 Å². The van der Waals surface area contributed by atoms with Gasteiger partial charge in [0.2, 0.25) is 0 Å². The van der Waals surface area contributed by atoms with E-state index in [4.69, 9.17) is 18.7 Å². The summed E-state index contributed by atoms with van der Waals surface area (Å²) in [6, 6.07) is 10.00.